The highest BCUT2D eigenvalue weighted by molar-refractivity contribution is 7.07. The van der Waals surface area contributed by atoms with Crippen LogP contribution in [0.4, 0.5) is 0 Å². The molecule has 0 amide bonds. The number of carbonyl (C=O) groups excluding carboxylic acids is 1. The van der Waals surface area contributed by atoms with E-state index in [1.807, 2.05) is 51.1 Å². The molecule has 0 aliphatic carbocycles. The van der Waals surface area contributed by atoms with Gasteiger partial charge in [0.2, 0.25) is 0 Å². The molecular weight excluding hydrogens is 528 g/mol. The van der Waals surface area contributed by atoms with Crippen LogP contribution in [0.2, 0.25) is 0 Å². The summed E-state index contributed by atoms with van der Waals surface area (Å²) in [5.41, 5.74) is 1.92. The molecule has 2 heterocycles. The Morgan fingerprint density at radius 3 is 2.60 bits per heavy atom. The summed E-state index contributed by atoms with van der Waals surface area (Å²) in [5, 5.41) is 0. The van der Waals surface area contributed by atoms with E-state index in [0.717, 1.165) is 5.56 Å². The number of hydrogen-bond donors (Lipinski definition) is 0. The second-order valence-corrected chi connectivity index (χ2v) is 10.1. The molecule has 0 fully saturated rings. The van der Waals surface area contributed by atoms with E-state index in [-0.39, 0.29) is 24.9 Å². The van der Waals surface area contributed by atoms with Crippen LogP contribution in [0.15, 0.2) is 63.5 Å². The molecule has 2 aromatic carbocycles. The fourth-order valence-electron chi connectivity index (χ4n) is 4.43. The maximum absolute atomic E-state index is 14.0. The lowest BCUT2D eigenvalue weighted by Crippen LogP contribution is -2.40. The number of fused-ring (bicyclic) bond motifs is 1. The average molecular weight is 561 g/mol. The number of esters is 1. The molecule has 0 bridgehead atoms. The van der Waals surface area contributed by atoms with Crippen molar-refractivity contribution in [3.63, 3.8) is 0 Å². The van der Waals surface area contributed by atoms with Gasteiger partial charge in [-0.25, -0.2) is 9.79 Å². The van der Waals surface area contributed by atoms with Gasteiger partial charge in [-0.2, -0.15) is 0 Å². The van der Waals surface area contributed by atoms with Gasteiger partial charge in [-0.05, 0) is 64.5 Å². The summed E-state index contributed by atoms with van der Waals surface area (Å²) in [7, 11) is 0. The van der Waals surface area contributed by atoms with Crippen molar-refractivity contribution in [2.45, 2.75) is 46.8 Å². The normalized spacial score (nSPS) is 14.8. The molecular formula is C31H32N2O6S. The van der Waals surface area contributed by atoms with Crippen molar-refractivity contribution in [1.29, 1.82) is 0 Å². The molecule has 1 aromatic heterocycles. The second-order valence-electron chi connectivity index (χ2n) is 9.14. The predicted molar refractivity (Wildman–Crippen MR) is 155 cm³/mol. The fourth-order valence-corrected chi connectivity index (χ4v) is 5.47. The van der Waals surface area contributed by atoms with Crippen molar-refractivity contribution in [3.05, 3.63) is 84.5 Å². The van der Waals surface area contributed by atoms with Crippen molar-refractivity contribution in [2.75, 3.05) is 19.8 Å². The Labute approximate surface area is 237 Å². The van der Waals surface area contributed by atoms with Crippen LogP contribution >= 0.6 is 11.3 Å². The standard InChI is InChI=1S/C31H32N2O6S/c1-7-16-38-24-15-14-21(17-25(24)36-8-2)18-26-29(34)33-28(22-12-10-11-13-23(22)39-19(4)5)27(30(35)37-9-3)20(6)32-31(33)40-26/h1,10-15,17-19,28H,8-9,16H2,2-6H3/b26-18+/t28-/m0/s1. The van der Waals surface area contributed by atoms with Gasteiger partial charge in [0.15, 0.2) is 16.3 Å². The molecule has 0 saturated carbocycles. The molecule has 0 unspecified atom stereocenters. The number of allylic oxidation sites excluding steroid dienone is 1. The smallest absolute Gasteiger partial charge is 0.338 e. The molecule has 0 N–H and O–H groups in total. The quantitative estimate of drug-likeness (QED) is 0.275. The van der Waals surface area contributed by atoms with Crippen LogP contribution in [0, 0.1) is 12.3 Å². The lowest BCUT2D eigenvalue weighted by Gasteiger charge is -2.26. The summed E-state index contributed by atoms with van der Waals surface area (Å²) in [6.07, 6.45) is 6.99. The van der Waals surface area contributed by atoms with Gasteiger partial charge in [-0.15, -0.1) is 6.42 Å². The highest BCUT2D eigenvalue weighted by Crippen LogP contribution is 2.36. The third-order valence-electron chi connectivity index (χ3n) is 5.97. The number of benzene rings is 2. The van der Waals surface area contributed by atoms with E-state index < -0.39 is 12.0 Å². The first-order chi connectivity index (χ1) is 19.3. The summed E-state index contributed by atoms with van der Waals surface area (Å²) < 4.78 is 24.8. The maximum Gasteiger partial charge on any atom is 0.338 e. The molecule has 1 aliphatic rings. The highest BCUT2D eigenvalue weighted by atomic mass is 32.1. The Bertz CT molecular complexity index is 1660. The Morgan fingerprint density at radius 1 is 1.12 bits per heavy atom. The lowest BCUT2D eigenvalue weighted by atomic mass is 9.95. The van der Waals surface area contributed by atoms with E-state index in [1.165, 1.54) is 11.3 Å². The van der Waals surface area contributed by atoms with Gasteiger partial charge in [0, 0.05) is 5.56 Å². The second kappa shape index (κ2) is 12.7. The van der Waals surface area contributed by atoms with Crippen LogP contribution in [0.1, 0.15) is 51.8 Å². The molecule has 3 aromatic rings. The Kier molecular flexibility index (Phi) is 9.12. The number of ether oxygens (including phenoxy) is 4. The van der Waals surface area contributed by atoms with Crippen molar-refractivity contribution in [3.8, 4) is 29.6 Å². The number of para-hydroxylation sites is 1. The zero-order chi connectivity index (χ0) is 28.8. The number of thiazole rings is 1. The zero-order valence-electron chi connectivity index (χ0n) is 23.2. The van der Waals surface area contributed by atoms with E-state index in [4.69, 9.17) is 25.4 Å². The SMILES string of the molecule is C#CCOc1ccc(/C=c2/sc3n(c2=O)[C@@H](c2ccccc2OC(C)C)C(C(=O)OCC)=C(C)N=3)cc1OCC. The summed E-state index contributed by atoms with van der Waals surface area (Å²) in [4.78, 5) is 32.3. The maximum atomic E-state index is 14.0. The average Bonchev–Trinajstić information content (AvgIpc) is 3.22. The first-order valence-electron chi connectivity index (χ1n) is 13.1. The molecule has 0 spiro atoms. The van der Waals surface area contributed by atoms with Crippen LogP contribution in [-0.2, 0) is 9.53 Å². The van der Waals surface area contributed by atoms with Crippen LogP contribution in [-0.4, -0.2) is 36.5 Å². The van der Waals surface area contributed by atoms with Crippen LogP contribution < -0.4 is 29.1 Å². The van der Waals surface area contributed by atoms with Gasteiger partial charge in [0.25, 0.3) is 5.56 Å². The zero-order valence-corrected chi connectivity index (χ0v) is 24.0. The van der Waals surface area contributed by atoms with Crippen LogP contribution in [0.3, 0.4) is 0 Å². The van der Waals surface area contributed by atoms with E-state index >= 15 is 0 Å². The third-order valence-corrected chi connectivity index (χ3v) is 6.95. The monoisotopic (exact) mass is 560 g/mol. The summed E-state index contributed by atoms with van der Waals surface area (Å²) in [6, 6.07) is 12.0. The van der Waals surface area contributed by atoms with E-state index in [1.54, 1.807) is 36.6 Å². The molecule has 9 heteroatoms. The van der Waals surface area contributed by atoms with Gasteiger partial charge >= 0.3 is 5.97 Å². The number of nitrogens with zero attached hydrogens (tertiary/aromatic N) is 2. The van der Waals surface area contributed by atoms with Gasteiger partial charge in [0.1, 0.15) is 18.4 Å². The Balaban J connectivity index is 1.91. The molecule has 4 rings (SSSR count). The molecule has 1 aliphatic heterocycles. The summed E-state index contributed by atoms with van der Waals surface area (Å²) in [5.74, 6) is 3.55. The summed E-state index contributed by atoms with van der Waals surface area (Å²) in [6.45, 7) is 9.97. The molecule has 40 heavy (non-hydrogen) atoms. The number of hydrogen-bond acceptors (Lipinski definition) is 8. The molecule has 208 valence electrons. The van der Waals surface area contributed by atoms with Crippen molar-refractivity contribution < 1.29 is 23.7 Å². The molecule has 1 atom stereocenters. The largest absolute Gasteiger partial charge is 0.491 e. The minimum atomic E-state index is -0.772. The Morgan fingerprint density at radius 2 is 1.90 bits per heavy atom. The molecule has 0 saturated heterocycles. The van der Waals surface area contributed by atoms with Crippen LogP contribution in [0.5, 0.6) is 17.2 Å². The van der Waals surface area contributed by atoms with E-state index in [9.17, 15) is 9.59 Å². The summed E-state index contributed by atoms with van der Waals surface area (Å²) >= 11 is 1.25. The van der Waals surface area contributed by atoms with E-state index in [0.29, 0.717) is 50.0 Å². The van der Waals surface area contributed by atoms with Crippen molar-refractivity contribution in [2.24, 2.45) is 4.99 Å². The van der Waals surface area contributed by atoms with Gasteiger partial charge < -0.3 is 18.9 Å². The third kappa shape index (κ3) is 5.97. The minimum Gasteiger partial charge on any atom is -0.491 e. The molecule has 0 radical (unpaired) electrons. The van der Waals surface area contributed by atoms with Gasteiger partial charge in [-0.1, -0.05) is 41.5 Å². The first-order valence-corrected chi connectivity index (χ1v) is 13.9. The fraction of sp³-hybridized carbons (Fsp3) is 0.323. The number of terminal acetylenes is 1. The number of carbonyl (C=O) groups is 1. The highest BCUT2D eigenvalue weighted by Gasteiger charge is 2.35. The topological polar surface area (TPSA) is 88.4 Å². The van der Waals surface area contributed by atoms with E-state index in [2.05, 4.69) is 10.9 Å². The van der Waals surface area contributed by atoms with Gasteiger partial charge in [0.05, 0.1) is 35.1 Å². The number of rotatable bonds is 10. The van der Waals surface area contributed by atoms with Gasteiger partial charge in [-0.3, -0.25) is 9.36 Å². The van der Waals surface area contributed by atoms with Crippen molar-refractivity contribution in [1.82, 2.24) is 4.57 Å². The first kappa shape index (κ1) is 28.7. The Hall–Kier alpha value is -4.29. The molecule has 8 nitrogen and oxygen atoms in total. The number of aromatic nitrogens is 1. The van der Waals surface area contributed by atoms with Crippen LogP contribution in [0.25, 0.3) is 6.08 Å². The predicted octanol–water partition coefficient (Wildman–Crippen LogP) is 4.00. The van der Waals surface area contributed by atoms with Crippen molar-refractivity contribution >= 4 is 23.4 Å². The lowest BCUT2D eigenvalue weighted by molar-refractivity contribution is -0.139. The minimum absolute atomic E-state index is 0.111.